The van der Waals surface area contributed by atoms with Gasteiger partial charge in [0.25, 0.3) is 5.56 Å². The summed E-state index contributed by atoms with van der Waals surface area (Å²) in [6.07, 6.45) is 0. The number of nitrogens with zero attached hydrogens (tertiary/aromatic N) is 3. The van der Waals surface area contributed by atoms with E-state index in [0.29, 0.717) is 23.5 Å². The maximum atomic E-state index is 12.0. The summed E-state index contributed by atoms with van der Waals surface area (Å²) in [6.45, 7) is 7.69. The maximum absolute atomic E-state index is 12.0. The summed E-state index contributed by atoms with van der Waals surface area (Å²) in [7, 11) is 1.45. The second-order valence-corrected chi connectivity index (χ2v) is 4.21. The highest BCUT2D eigenvalue weighted by atomic mass is 16.2. The molecule has 0 atom stereocenters. The van der Waals surface area contributed by atoms with Gasteiger partial charge < -0.3 is 4.98 Å². The summed E-state index contributed by atoms with van der Waals surface area (Å²) in [5, 5.41) is 0. The Labute approximate surface area is 97.2 Å². The molecule has 0 radical (unpaired) electrons. The summed E-state index contributed by atoms with van der Waals surface area (Å²) in [5.74, 6) is 0.609. The molecule has 0 saturated heterocycles. The van der Waals surface area contributed by atoms with E-state index in [2.05, 4.69) is 16.5 Å². The zero-order valence-electron chi connectivity index (χ0n) is 10.1. The normalized spacial score (nSPS) is 11.0. The van der Waals surface area contributed by atoms with Crippen LogP contribution in [-0.4, -0.2) is 19.1 Å². The molecule has 0 unspecified atom stereocenters. The van der Waals surface area contributed by atoms with E-state index < -0.39 is 0 Å². The standard InChI is InChI=1S/C11H14N4O2/c1-6(2)5-15-9-8(12-7(3)13-9)10(16)14(4)11(15)17/h1,5H2,2-4H3,(H,12,13). The van der Waals surface area contributed by atoms with Crippen LogP contribution in [0.2, 0.25) is 0 Å². The second kappa shape index (κ2) is 3.73. The lowest BCUT2D eigenvalue weighted by Gasteiger charge is -2.07. The van der Waals surface area contributed by atoms with Gasteiger partial charge in [-0.1, -0.05) is 12.2 Å². The molecule has 90 valence electrons. The molecule has 0 bridgehead atoms. The van der Waals surface area contributed by atoms with Gasteiger partial charge in [0, 0.05) is 13.6 Å². The molecule has 2 rings (SSSR count). The number of hydrogen-bond donors (Lipinski definition) is 1. The molecule has 0 aliphatic carbocycles. The monoisotopic (exact) mass is 234 g/mol. The highest BCUT2D eigenvalue weighted by Crippen LogP contribution is 2.06. The Bertz CT molecular complexity index is 717. The van der Waals surface area contributed by atoms with Crippen molar-refractivity contribution >= 4 is 11.2 Å². The van der Waals surface area contributed by atoms with Crippen LogP contribution in [0.5, 0.6) is 0 Å². The average Bonchev–Trinajstić information content (AvgIpc) is 2.63. The van der Waals surface area contributed by atoms with Crippen LogP contribution in [0.4, 0.5) is 0 Å². The molecule has 2 heterocycles. The second-order valence-electron chi connectivity index (χ2n) is 4.21. The number of aromatic nitrogens is 4. The SMILES string of the molecule is C=C(C)Cn1c(=O)n(C)c(=O)c2[nH]c(C)nc21. The number of imidazole rings is 1. The van der Waals surface area contributed by atoms with E-state index in [4.69, 9.17) is 0 Å². The van der Waals surface area contributed by atoms with Gasteiger partial charge >= 0.3 is 5.69 Å². The van der Waals surface area contributed by atoms with Crippen molar-refractivity contribution in [1.82, 2.24) is 19.1 Å². The van der Waals surface area contributed by atoms with Crippen LogP contribution in [0.3, 0.4) is 0 Å². The molecule has 6 heteroatoms. The highest BCUT2D eigenvalue weighted by molar-refractivity contribution is 5.69. The van der Waals surface area contributed by atoms with Crippen molar-refractivity contribution in [3.8, 4) is 0 Å². The molecule has 0 aliphatic heterocycles. The van der Waals surface area contributed by atoms with Crippen molar-refractivity contribution in [2.24, 2.45) is 7.05 Å². The van der Waals surface area contributed by atoms with Crippen LogP contribution in [-0.2, 0) is 13.6 Å². The molecule has 17 heavy (non-hydrogen) atoms. The topological polar surface area (TPSA) is 72.7 Å². The first kappa shape index (κ1) is 11.4. The molecular formula is C11H14N4O2. The summed E-state index contributed by atoms with van der Waals surface area (Å²) in [6, 6.07) is 0. The quantitative estimate of drug-likeness (QED) is 0.760. The average molecular weight is 234 g/mol. The Kier molecular flexibility index (Phi) is 2.49. The summed E-state index contributed by atoms with van der Waals surface area (Å²) >= 11 is 0. The molecule has 0 saturated carbocycles. The predicted molar refractivity (Wildman–Crippen MR) is 65.1 cm³/mol. The predicted octanol–water partition coefficient (Wildman–Crippen LogP) is 0.308. The van der Waals surface area contributed by atoms with E-state index in [1.807, 2.05) is 6.92 Å². The summed E-state index contributed by atoms with van der Waals surface area (Å²) < 4.78 is 2.52. The summed E-state index contributed by atoms with van der Waals surface area (Å²) in [4.78, 5) is 30.9. The fraction of sp³-hybridized carbons (Fsp3) is 0.364. The minimum atomic E-state index is -0.378. The first-order valence-electron chi connectivity index (χ1n) is 5.22. The fourth-order valence-corrected chi connectivity index (χ4v) is 1.76. The van der Waals surface area contributed by atoms with Crippen molar-refractivity contribution in [2.75, 3.05) is 0 Å². The molecule has 0 spiro atoms. The lowest BCUT2D eigenvalue weighted by Crippen LogP contribution is -2.38. The van der Waals surface area contributed by atoms with Crippen molar-refractivity contribution < 1.29 is 0 Å². The molecule has 0 fully saturated rings. The first-order valence-corrected chi connectivity index (χ1v) is 5.22. The van der Waals surface area contributed by atoms with Crippen molar-refractivity contribution in [1.29, 1.82) is 0 Å². The first-order chi connectivity index (χ1) is 7.91. The van der Waals surface area contributed by atoms with Crippen LogP contribution in [0.15, 0.2) is 21.7 Å². The Morgan fingerprint density at radius 3 is 2.71 bits per heavy atom. The Balaban J connectivity index is 2.94. The Hall–Kier alpha value is -2.11. The molecule has 6 nitrogen and oxygen atoms in total. The smallest absolute Gasteiger partial charge is 0.332 e. The fourth-order valence-electron chi connectivity index (χ4n) is 1.76. The number of aromatic amines is 1. The van der Waals surface area contributed by atoms with Crippen molar-refractivity contribution in [3.63, 3.8) is 0 Å². The lowest BCUT2D eigenvalue weighted by atomic mass is 10.3. The van der Waals surface area contributed by atoms with Gasteiger partial charge in [0.1, 0.15) is 11.3 Å². The number of aryl methyl sites for hydroxylation is 1. The molecule has 1 N–H and O–H groups in total. The summed E-state index contributed by atoms with van der Waals surface area (Å²) in [5.41, 5.74) is 0.831. The van der Waals surface area contributed by atoms with Gasteiger partial charge in [-0.15, -0.1) is 0 Å². The molecule has 2 aromatic heterocycles. The van der Waals surface area contributed by atoms with E-state index in [1.54, 1.807) is 6.92 Å². The van der Waals surface area contributed by atoms with E-state index >= 15 is 0 Å². The largest absolute Gasteiger partial charge is 0.336 e. The zero-order valence-corrected chi connectivity index (χ0v) is 10.1. The number of H-pyrrole nitrogens is 1. The number of hydrogen-bond acceptors (Lipinski definition) is 3. The van der Waals surface area contributed by atoms with Crippen LogP contribution in [0, 0.1) is 6.92 Å². The molecule has 0 aromatic carbocycles. The molecule has 0 aliphatic rings. The van der Waals surface area contributed by atoms with E-state index in [1.165, 1.54) is 11.6 Å². The van der Waals surface area contributed by atoms with Gasteiger partial charge in [-0.25, -0.2) is 9.78 Å². The van der Waals surface area contributed by atoms with Crippen molar-refractivity contribution in [2.45, 2.75) is 20.4 Å². The van der Waals surface area contributed by atoms with Gasteiger partial charge in [-0.3, -0.25) is 13.9 Å². The van der Waals surface area contributed by atoms with E-state index in [0.717, 1.165) is 10.1 Å². The van der Waals surface area contributed by atoms with Crippen LogP contribution >= 0.6 is 0 Å². The molecular weight excluding hydrogens is 220 g/mol. The zero-order chi connectivity index (χ0) is 12.7. The lowest BCUT2D eigenvalue weighted by molar-refractivity contribution is 0.664. The molecule has 0 amide bonds. The van der Waals surface area contributed by atoms with Crippen molar-refractivity contribution in [3.05, 3.63) is 38.8 Å². The van der Waals surface area contributed by atoms with E-state index in [9.17, 15) is 9.59 Å². The van der Waals surface area contributed by atoms with Gasteiger partial charge in [0.15, 0.2) is 5.65 Å². The highest BCUT2D eigenvalue weighted by Gasteiger charge is 2.13. The van der Waals surface area contributed by atoms with Crippen LogP contribution in [0.1, 0.15) is 12.7 Å². The van der Waals surface area contributed by atoms with Gasteiger partial charge in [0.05, 0.1) is 0 Å². The minimum absolute atomic E-state index is 0.353. The Morgan fingerprint density at radius 1 is 1.47 bits per heavy atom. The number of fused-ring (bicyclic) bond motifs is 1. The third-order valence-corrected chi connectivity index (χ3v) is 2.52. The van der Waals surface area contributed by atoms with E-state index in [-0.39, 0.29) is 11.2 Å². The van der Waals surface area contributed by atoms with Gasteiger partial charge in [0.2, 0.25) is 0 Å². The van der Waals surface area contributed by atoms with Crippen LogP contribution < -0.4 is 11.2 Å². The molecule has 2 aromatic rings. The van der Waals surface area contributed by atoms with Gasteiger partial charge in [-0.2, -0.15) is 0 Å². The minimum Gasteiger partial charge on any atom is -0.336 e. The Morgan fingerprint density at radius 2 is 2.12 bits per heavy atom. The number of rotatable bonds is 2. The third kappa shape index (κ3) is 1.71. The van der Waals surface area contributed by atoms with Crippen LogP contribution in [0.25, 0.3) is 11.2 Å². The third-order valence-electron chi connectivity index (χ3n) is 2.52. The maximum Gasteiger partial charge on any atom is 0.332 e. The number of allylic oxidation sites excluding steroid dienone is 1. The number of nitrogens with one attached hydrogen (secondary N) is 1. The van der Waals surface area contributed by atoms with Gasteiger partial charge in [-0.05, 0) is 13.8 Å².